The number of rotatable bonds is 5. The number of carbonyl (C=O) groups excluding carboxylic acids is 1. The molecule has 0 radical (unpaired) electrons. The van der Waals surface area contributed by atoms with Crippen LogP contribution in [0.3, 0.4) is 0 Å². The minimum absolute atomic E-state index is 0.104. The number of halogens is 1. The summed E-state index contributed by atoms with van der Waals surface area (Å²) in [7, 11) is 0. The van der Waals surface area contributed by atoms with Crippen LogP contribution >= 0.6 is 11.6 Å². The first-order valence-corrected chi connectivity index (χ1v) is 6.57. The molecule has 1 aliphatic rings. The topological polar surface area (TPSA) is 54.0 Å². The van der Waals surface area contributed by atoms with Crippen LogP contribution in [0.5, 0.6) is 17.2 Å². The molecule has 2 rings (SSSR count). The van der Waals surface area contributed by atoms with Crippen molar-refractivity contribution in [2.75, 3.05) is 25.7 Å². The maximum atomic E-state index is 11.6. The summed E-state index contributed by atoms with van der Waals surface area (Å²) in [6.45, 7) is 2.54. The molecule has 6 heteroatoms. The van der Waals surface area contributed by atoms with Gasteiger partial charge in [-0.2, -0.15) is 0 Å². The van der Waals surface area contributed by atoms with Gasteiger partial charge in [-0.25, -0.2) is 4.79 Å². The Morgan fingerprint density at radius 3 is 3.11 bits per heavy atom. The minimum Gasteiger partial charge on any atom is -0.488 e. The van der Waals surface area contributed by atoms with Gasteiger partial charge in [-0.15, -0.1) is 11.6 Å². The van der Waals surface area contributed by atoms with Crippen LogP contribution in [0, 0.1) is 0 Å². The summed E-state index contributed by atoms with van der Waals surface area (Å²) in [4.78, 5) is 11.6. The molecule has 1 unspecified atom stereocenters. The molecule has 0 amide bonds. The van der Waals surface area contributed by atoms with Crippen LogP contribution in [-0.4, -0.2) is 37.8 Å². The molecular weight excluding hydrogens is 272 g/mol. The SMILES string of the molecule is CCOC(=O)C1COc2c(OCCCl)cccc2O1. The van der Waals surface area contributed by atoms with Crippen LogP contribution in [-0.2, 0) is 9.53 Å². The van der Waals surface area contributed by atoms with Crippen molar-refractivity contribution < 1.29 is 23.7 Å². The maximum absolute atomic E-state index is 11.6. The predicted octanol–water partition coefficient (Wildman–Crippen LogP) is 2.01. The monoisotopic (exact) mass is 286 g/mol. The Morgan fingerprint density at radius 1 is 1.53 bits per heavy atom. The molecule has 0 bridgehead atoms. The van der Waals surface area contributed by atoms with Gasteiger partial charge in [0.2, 0.25) is 11.9 Å². The van der Waals surface area contributed by atoms with E-state index in [0.29, 0.717) is 36.3 Å². The van der Waals surface area contributed by atoms with Crippen LogP contribution in [0.1, 0.15) is 6.92 Å². The zero-order valence-electron chi connectivity index (χ0n) is 10.6. The highest BCUT2D eigenvalue weighted by Crippen LogP contribution is 2.40. The van der Waals surface area contributed by atoms with Gasteiger partial charge in [-0.05, 0) is 19.1 Å². The first kappa shape index (κ1) is 13.8. The standard InChI is InChI=1S/C13H15ClO5/c1-2-16-13(15)11-8-18-12-9(17-7-6-14)4-3-5-10(12)19-11/h3-5,11H,2,6-8H2,1H3. The first-order valence-electron chi connectivity index (χ1n) is 6.04. The van der Waals surface area contributed by atoms with E-state index in [0.717, 1.165) is 0 Å². The van der Waals surface area contributed by atoms with E-state index in [2.05, 4.69) is 0 Å². The van der Waals surface area contributed by atoms with E-state index in [1.165, 1.54) is 0 Å². The highest BCUT2D eigenvalue weighted by molar-refractivity contribution is 6.18. The Labute approximate surface area is 116 Å². The molecule has 19 heavy (non-hydrogen) atoms. The van der Waals surface area contributed by atoms with Gasteiger partial charge in [0.05, 0.1) is 12.5 Å². The number of hydrogen-bond acceptors (Lipinski definition) is 5. The third-order valence-electron chi connectivity index (χ3n) is 2.48. The van der Waals surface area contributed by atoms with Crippen LogP contribution in [0.25, 0.3) is 0 Å². The van der Waals surface area contributed by atoms with Gasteiger partial charge in [0, 0.05) is 0 Å². The van der Waals surface area contributed by atoms with Crippen molar-refractivity contribution in [3.63, 3.8) is 0 Å². The third kappa shape index (κ3) is 3.23. The molecule has 1 aliphatic heterocycles. The van der Waals surface area contributed by atoms with Gasteiger partial charge >= 0.3 is 5.97 Å². The highest BCUT2D eigenvalue weighted by Gasteiger charge is 2.30. The molecule has 0 aromatic heterocycles. The molecular formula is C13H15ClO5. The molecule has 1 atom stereocenters. The second-order valence-electron chi connectivity index (χ2n) is 3.79. The molecule has 104 valence electrons. The fraction of sp³-hybridized carbons (Fsp3) is 0.462. The normalized spacial score (nSPS) is 16.8. The van der Waals surface area contributed by atoms with Gasteiger partial charge in [-0.1, -0.05) is 6.07 Å². The molecule has 0 spiro atoms. The fourth-order valence-corrected chi connectivity index (χ4v) is 1.77. The van der Waals surface area contributed by atoms with E-state index >= 15 is 0 Å². The minimum atomic E-state index is -0.740. The number of carbonyl (C=O) groups is 1. The van der Waals surface area contributed by atoms with Crippen molar-refractivity contribution in [1.82, 2.24) is 0 Å². The lowest BCUT2D eigenvalue weighted by molar-refractivity contribution is -0.154. The molecule has 0 fully saturated rings. The number of ether oxygens (including phenoxy) is 4. The lowest BCUT2D eigenvalue weighted by atomic mass is 10.2. The average molecular weight is 287 g/mol. The highest BCUT2D eigenvalue weighted by atomic mass is 35.5. The summed E-state index contributed by atoms with van der Waals surface area (Å²) < 4.78 is 21.4. The second kappa shape index (κ2) is 6.52. The smallest absolute Gasteiger partial charge is 0.350 e. The number of fused-ring (bicyclic) bond motifs is 1. The van der Waals surface area contributed by atoms with Crippen molar-refractivity contribution in [3.05, 3.63) is 18.2 Å². The molecule has 0 saturated heterocycles. The lowest BCUT2D eigenvalue weighted by Gasteiger charge is -2.26. The number of benzene rings is 1. The van der Waals surface area contributed by atoms with E-state index in [1.54, 1.807) is 25.1 Å². The van der Waals surface area contributed by atoms with Crippen LogP contribution in [0.15, 0.2) is 18.2 Å². The lowest BCUT2D eigenvalue weighted by Crippen LogP contribution is -2.37. The summed E-state index contributed by atoms with van der Waals surface area (Å²) in [6, 6.07) is 5.24. The second-order valence-corrected chi connectivity index (χ2v) is 4.17. The van der Waals surface area contributed by atoms with Crippen LogP contribution < -0.4 is 14.2 Å². The summed E-state index contributed by atoms with van der Waals surface area (Å²) in [5.41, 5.74) is 0. The van der Waals surface area contributed by atoms with Gasteiger partial charge < -0.3 is 18.9 Å². The Balaban J connectivity index is 2.11. The van der Waals surface area contributed by atoms with Crippen molar-refractivity contribution >= 4 is 17.6 Å². The molecule has 1 aromatic carbocycles. The van der Waals surface area contributed by atoms with Crippen molar-refractivity contribution in [2.24, 2.45) is 0 Å². The third-order valence-corrected chi connectivity index (χ3v) is 2.63. The molecule has 1 heterocycles. The van der Waals surface area contributed by atoms with Gasteiger partial charge in [0.1, 0.15) is 13.2 Å². The van der Waals surface area contributed by atoms with E-state index in [1.807, 2.05) is 0 Å². The summed E-state index contributed by atoms with van der Waals surface area (Å²) >= 11 is 5.58. The molecule has 0 aliphatic carbocycles. The van der Waals surface area contributed by atoms with Crippen molar-refractivity contribution in [3.8, 4) is 17.2 Å². The number of alkyl halides is 1. The summed E-state index contributed by atoms with van der Waals surface area (Å²) in [5, 5.41) is 0. The Hall–Kier alpha value is -1.62. The summed E-state index contributed by atoms with van der Waals surface area (Å²) in [5.74, 6) is 1.47. The fourth-order valence-electron chi connectivity index (χ4n) is 1.69. The zero-order chi connectivity index (χ0) is 13.7. The van der Waals surface area contributed by atoms with Crippen LogP contribution in [0.4, 0.5) is 0 Å². The Bertz CT molecular complexity index is 449. The van der Waals surface area contributed by atoms with Gasteiger partial charge in [-0.3, -0.25) is 0 Å². The van der Waals surface area contributed by atoms with Crippen molar-refractivity contribution in [1.29, 1.82) is 0 Å². The quantitative estimate of drug-likeness (QED) is 0.612. The van der Waals surface area contributed by atoms with E-state index in [4.69, 9.17) is 30.5 Å². The summed E-state index contributed by atoms with van der Waals surface area (Å²) in [6.07, 6.45) is -0.740. The van der Waals surface area contributed by atoms with Gasteiger partial charge in [0.25, 0.3) is 0 Å². The maximum Gasteiger partial charge on any atom is 0.350 e. The first-order chi connectivity index (χ1) is 9.26. The van der Waals surface area contributed by atoms with E-state index in [-0.39, 0.29) is 6.61 Å². The number of hydrogen-bond donors (Lipinski definition) is 0. The number of esters is 1. The largest absolute Gasteiger partial charge is 0.488 e. The molecule has 0 saturated carbocycles. The zero-order valence-corrected chi connectivity index (χ0v) is 11.3. The molecule has 1 aromatic rings. The Morgan fingerprint density at radius 2 is 2.37 bits per heavy atom. The van der Waals surface area contributed by atoms with E-state index < -0.39 is 12.1 Å². The van der Waals surface area contributed by atoms with Crippen molar-refractivity contribution in [2.45, 2.75) is 13.0 Å². The number of para-hydroxylation sites is 1. The van der Waals surface area contributed by atoms with E-state index in [9.17, 15) is 4.79 Å². The molecule has 0 N–H and O–H groups in total. The molecule has 5 nitrogen and oxygen atoms in total. The van der Waals surface area contributed by atoms with Gasteiger partial charge in [0.15, 0.2) is 11.5 Å². The van der Waals surface area contributed by atoms with Crippen LogP contribution in [0.2, 0.25) is 0 Å². The predicted molar refractivity (Wildman–Crippen MR) is 69.2 cm³/mol. The average Bonchev–Trinajstić information content (AvgIpc) is 2.44. The Kier molecular flexibility index (Phi) is 4.74.